The fourth-order valence-corrected chi connectivity index (χ4v) is 2.57. The van der Waals surface area contributed by atoms with Crippen LogP contribution in [0.1, 0.15) is 5.56 Å². The average molecular weight is 268 g/mol. The molecule has 0 atom stereocenters. The number of aryl methyl sites for hydroxylation is 1. The number of benzene rings is 1. The van der Waals surface area contributed by atoms with Gasteiger partial charge < -0.3 is 5.32 Å². The molecule has 98 valence electrons. The highest BCUT2D eigenvalue weighted by Gasteiger charge is 2.16. The minimum absolute atomic E-state index is 0.182. The van der Waals surface area contributed by atoms with Gasteiger partial charge in [-0.1, -0.05) is 24.3 Å². The number of hydrogen-bond donors (Lipinski definition) is 2. The Morgan fingerprint density at radius 1 is 1.39 bits per heavy atom. The number of carbonyl (C=O) groups is 1. The third-order valence-electron chi connectivity index (χ3n) is 2.25. The van der Waals surface area contributed by atoms with Crippen LogP contribution >= 0.6 is 0 Å². The van der Waals surface area contributed by atoms with Crippen LogP contribution in [0.5, 0.6) is 0 Å². The third kappa shape index (κ3) is 3.97. The molecule has 1 rings (SSSR count). The predicted octanol–water partition coefficient (Wildman–Crippen LogP) is 0.576. The Kier molecular flexibility index (Phi) is 5.06. The van der Waals surface area contributed by atoms with Crippen molar-refractivity contribution in [2.75, 3.05) is 13.1 Å². The first kappa shape index (κ1) is 14.4. The molecule has 0 saturated carbocycles. The SMILES string of the molecule is C=CCNC(=O)CNS(=O)(=O)c1ccccc1C. The number of hydrogen-bond acceptors (Lipinski definition) is 3. The predicted molar refractivity (Wildman–Crippen MR) is 69.6 cm³/mol. The summed E-state index contributed by atoms with van der Waals surface area (Å²) in [6, 6.07) is 6.59. The Morgan fingerprint density at radius 2 is 2.06 bits per heavy atom. The lowest BCUT2D eigenvalue weighted by atomic mass is 10.2. The fraction of sp³-hybridized carbons (Fsp3) is 0.250. The molecule has 0 fully saturated rings. The molecule has 0 bridgehead atoms. The van der Waals surface area contributed by atoms with Gasteiger partial charge in [0.1, 0.15) is 0 Å². The maximum atomic E-state index is 11.9. The normalized spacial score (nSPS) is 10.9. The van der Waals surface area contributed by atoms with Gasteiger partial charge in [-0.15, -0.1) is 6.58 Å². The molecule has 0 aliphatic rings. The van der Waals surface area contributed by atoms with E-state index in [1.165, 1.54) is 12.1 Å². The van der Waals surface area contributed by atoms with Crippen LogP contribution in [0.25, 0.3) is 0 Å². The molecule has 0 aliphatic carbocycles. The van der Waals surface area contributed by atoms with Gasteiger partial charge in [0.25, 0.3) is 0 Å². The smallest absolute Gasteiger partial charge is 0.241 e. The van der Waals surface area contributed by atoms with Gasteiger partial charge in [0, 0.05) is 6.54 Å². The molecular formula is C12H16N2O3S. The molecule has 6 heteroatoms. The highest BCUT2D eigenvalue weighted by atomic mass is 32.2. The fourth-order valence-electron chi connectivity index (χ4n) is 1.34. The first-order chi connectivity index (χ1) is 8.47. The maximum Gasteiger partial charge on any atom is 0.241 e. The van der Waals surface area contributed by atoms with E-state index in [0.29, 0.717) is 12.1 Å². The van der Waals surface area contributed by atoms with E-state index in [0.717, 1.165) is 0 Å². The van der Waals surface area contributed by atoms with E-state index in [-0.39, 0.29) is 11.4 Å². The highest BCUT2D eigenvalue weighted by Crippen LogP contribution is 2.13. The second kappa shape index (κ2) is 6.32. The Hall–Kier alpha value is -1.66. The summed E-state index contributed by atoms with van der Waals surface area (Å²) in [7, 11) is -3.65. The van der Waals surface area contributed by atoms with E-state index >= 15 is 0 Å². The second-order valence-corrected chi connectivity index (χ2v) is 5.42. The van der Waals surface area contributed by atoms with Gasteiger partial charge in [0.2, 0.25) is 15.9 Å². The van der Waals surface area contributed by atoms with E-state index in [1.54, 1.807) is 25.1 Å². The largest absolute Gasteiger partial charge is 0.352 e. The van der Waals surface area contributed by atoms with Gasteiger partial charge in [-0.25, -0.2) is 13.1 Å². The van der Waals surface area contributed by atoms with Gasteiger partial charge in [0.15, 0.2) is 0 Å². The van der Waals surface area contributed by atoms with Crippen molar-refractivity contribution in [1.82, 2.24) is 10.0 Å². The highest BCUT2D eigenvalue weighted by molar-refractivity contribution is 7.89. The summed E-state index contributed by atoms with van der Waals surface area (Å²) in [5.74, 6) is -0.396. The van der Waals surface area contributed by atoms with Crippen molar-refractivity contribution in [3.63, 3.8) is 0 Å². The molecule has 0 heterocycles. The molecule has 0 aromatic heterocycles. The minimum Gasteiger partial charge on any atom is -0.352 e. The summed E-state index contributed by atoms with van der Waals surface area (Å²) in [5, 5.41) is 2.49. The quantitative estimate of drug-likeness (QED) is 0.741. The second-order valence-electron chi connectivity index (χ2n) is 3.68. The van der Waals surface area contributed by atoms with Gasteiger partial charge in [-0.3, -0.25) is 4.79 Å². The zero-order valence-electron chi connectivity index (χ0n) is 10.1. The van der Waals surface area contributed by atoms with Crippen molar-refractivity contribution < 1.29 is 13.2 Å². The van der Waals surface area contributed by atoms with E-state index < -0.39 is 15.9 Å². The van der Waals surface area contributed by atoms with Crippen LogP contribution < -0.4 is 10.0 Å². The van der Waals surface area contributed by atoms with Crippen LogP contribution in [0.4, 0.5) is 0 Å². The molecule has 5 nitrogen and oxygen atoms in total. The van der Waals surface area contributed by atoms with Crippen LogP contribution in [0.15, 0.2) is 41.8 Å². The topological polar surface area (TPSA) is 75.3 Å². The van der Waals surface area contributed by atoms with E-state index in [1.807, 2.05) is 0 Å². The van der Waals surface area contributed by atoms with Crippen LogP contribution in [0.2, 0.25) is 0 Å². The molecular weight excluding hydrogens is 252 g/mol. The molecule has 0 aliphatic heterocycles. The summed E-state index contributed by atoms with van der Waals surface area (Å²) in [6.45, 7) is 5.17. The summed E-state index contributed by atoms with van der Waals surface area (Å²) in [6.07, 6.45) is 1.52. The monoisotopic (exact) mass is 268 g/mol. The van der Waals surface area contributed by atoms with Gasteiger partial charge in [-0.05, 0) is 18.6 Å². The number of nitrogens with one attached hydrogen (secondary N) is 2. The number of amides is 1. The summed E-state index contributed by atoms with van der Waals surface area (Å²) in [5.41, 5.74) is 0.636. The van der Waals surface area contributed by atoms with Crippen molar-refractivity contribution in [3.8, 4) is 0 Å². The molecule has 1 amide bonds. The van der Waals surface area contributed by atoms with E-state index in [2.05, 4.69) is 16.6 Å². The third-order valence-corrected chi connectivity index (χ3v) is 3.81. The van der Waals surface area contributed by atoms with E-state index in [4.69, 9.17) is 0 Å². The number of rotatable bonds is 6. The molecule has 0 radical (unpaired) electrons. The average Bonchev–Trinajstić information content (AvgIpc) is 2.34. The lowest BCUT2D eigenvalue weighted by Gasteiger charge is -2.08. The van der Waals surface area contributed by atoms with Crippen LogP contribution in [-0.4, -0.2) is 27.4 Å². The molecule has 1 aromatic carbocycles. The Balaban J connectivity index is 2.69. The number of sulfonamides is 1. The lowest BCUT2D eigenvalue weighted by molar-refractivity contribution is -0.119. The molecule has 2 N–H and O–H groups in total. The molecule has 0 spiro atoms. The van der Waals surface area contributed by atoms with Crippen molar-refractivity contribution in [2.45, 2.75) is 11.8 Å². The van der Waals surface area contributed by atoms with Crippen LogP contribution in [-0.2, 0) is 14.8 Å². The molecule has 0 unspecified atom stereocenters. The Labute approximate surface area is 107 Å². The van der Waals surface area contributed by atoms with Crippen molar-refractivity contribution in [2.24, 2.45) is 0 Å². The number of carbonyl (C=O) groups excluding carboxylic acids is 1. The Morgan fingerprint density at radius 3 is 2.67 bits per heavy atom. The van der Waals surface area contributed by atoms with Gasteiger partial charge >= 0.3 is 0 Å². The van der Waals surface area contributed by atoms with Crippen molar-refractivity contribution in [3.05, 3.63) is 42.5 Å². The maximum absolute atomic E-state index is 11.9. The molecule has 18 heavy (non-hydrogen) atoms. The first-order valence-corrected chi connectivity index (χ1v) is 6.88. The minimum atomic E-state index is -3.65. The van der Waals surface area contributed by atoms with Gasteiger partial charge in [-0.2, -0.15) is 0 Å². The standard InChI is InChI=1S/C12H16N2O3S/c1-3-8-13-12(15)9-14-18(16,17)11-7-5-4-6-10(11)2/h3-7,14H,1,8-9H2,2H3,(H,13,15). The summed E-state index contributed by atoms with van der Waals surface area (Å²) < 4.78 is 26.1. The Bertz CT molecular complexity index is 538. The zero-order valence-corrected chi connectivity index (χ0v) is 11.0. The van der Waals surface area contributed by atoms with E-state index in [9.17, 15) is 13.2 Å². The zero-order chi connectivity index (χ0) is 13.6. The van der Waals surface area contributed by atoms with Gasteiger partial charge in [0.05, 0.1) is 11.4 Å². The van der Waals surface area contributed by atoms with Crippen molar-refractivity contribution in [1.29, 1.82) is 0 Å². The molecule has 1 aromatic rings. The lowest BCUT2D eigenvalue weighted by Crippen LogP contribution is -2.37. The van der Waals surface area contributed by atoms with Crippen molar-refractivity contribution >= 4 is 15.9 Å². The van der Waals surface area contributed by atoms with Crippen LogP contribution in [0.3, 0.4) is 0 Å². The first-order valence-electron chi connectivity index (χ1n) is 5.40. The summed E-state index contributed by atoms with van der Waals surface area (Å²) >= 11 is 0. The summed E-state index contributed by atoms with van der Waals surface area (Å²) in [4.78, 5) is 11.5. The van der Waals surface area contributed by atoms with Crippen LogP contribution in [0, 0.1) is 6.92 Å². The molecule has 0 saturated heterocycles.